The topological polar surface area (TPSA) is 62.3 Å². The summed E-state index contributed by atoms with van der Waals surface area (Å²) in [7, 11) is 3.24. The number of rotatable bonds is 6. The number of amides is 2. The lowest BCUT2D eigenvalue weighted by Crippen LogP contribution is -2.64. The lowest BCUT2D eigenvalue weighted by molar-refractivity contribution is 0.00854. The van der Waals surface area contributed by atoms with Gasteiger partial charge in [0.1, 0.15) is 0 Å². The van der Waals surface area contributed by atoms with Gasteiger partial charge < -0.3 is 19.3 Å². The standard InChI is InChI=1S/C29H31N3O4/c1-35-26-10-6-9-25(27(26)36-2)21-11-13-23(14-12-21)29(34)32-19-24(20-32)30-15-17-31(18-16-30)28(33)22-7-4-3-5-8-22/h3-14,24H,15-20H2,1-2H3. The number of methoxy groups -OCH3 is 2. The van der Waals surface area contributed by atoms with Gasteiger partial charge >= 0.3 is 0 Å². The van der Waals surface area contributed by atoms with Crippen molar-refractivity contribution in [1.29, 1.82) is 0 Å². The largest absolute Gasteiger partial charge is 0.493 e. The fourth-order valence-corrected chi connectivity index (χ4v) is 4.99. The molecule has 36 heavy (non-hydrogen) atoms. The van der Waals surface area contributed by atoms with Crippen molar-refractivity contribution in [1.82, 2.24) is 14.7 Å². The van der Waals surface area contributed by atoms with Gasteiger partial charge in [-0.1, -0.05) is 42.5 Å². The third-order valence-corrected chi connectivity index (χ3v) is 7.13. The zero-order chi connectivity index (χ0) is 25.1. The maximum absolute atomic E-state index is 13.0. The molecule has 0 unspecified atom stereocenters. The summed E-state index contributed by atoms with van der Waals surface area (Å²) in [5.41, 5.74) is 3.30. The molecule has 0 aliphatic carbocycles. The third kappa shape index (κ3) is 4.66. The van der Waals surface area contributed by atoms with E-state index in [1.807, 2.05) is 82.6 Å². The Hall–Kier alpha value is -3.84. The second-order valence-electron chi connectivity index (χ2n) is 9.18. The van der Waals surface area contributed by atoms with E-state index < -0.39 is 0 Å². The van der Waals surface area contributed by atoms with Crippen LogP contribution in [0.15, 0.2) is 72.8 Å². The second-order valence-corrected chi connectivity index (χ2v) is 9.18. The summed E-state index contributed by atoms with van der Waals surface area (Å²) in [5.74, 6) is 1.49. The van der Waals surface area contributed by atoms with E-state index in [9.17, 15) is 9.59 Å². The molecule has 5 rings (SSSR count). The van der Waals surface area contributed by atoms with Crippen molar-refractivity contribution in [2.75, 3.05) is 53.5 Å². The molecule has 2 amide bonds. The van der Waals surface area contributed by atoms with Gasteiger partial charge in [0.15, 0.2) is 11.5 Å². The number of likely N-dealkylation sites (tertiary alicyclic amines) is 1. The lowest BCUT2D eigenvalue weighted by Gasteiger charge is -2.48. The van der Waals surface area contributed by atoms with E-state index in [2.05, 4.69) is 4.90 Å². The van der Waals surface area contributed by atoms with Crippen LogP contribution in [0.1, 0.15) is 20.7 Å². The number of carbonyl (C=O) groups is 2. The predicted molar refractivity (Wildman–Crippen MR) is 139 cm³/mol. The van der Waals surface area contributed by atoms with Crippen LogP contribution in [0.25, 0.3) is 11.1 Å². The first-order valence-corrected chi connectivity index (χ1v) is 12.3. The van der Waals surface area contributed by atoms with Gasteiger partial charge in [0.05, 0.1) is 14.2 Å². The first-order chi connectivity index (χ1) is 17.6. The molecule has 0 radical (unpaired) electrons. The number of benzene rings is 3. The van der Waals surface area contributed by atoms with Crippen molar-refractivity contribution in [3.05, 3.63) is 83.9 Å². The highest BCUT2D eigenvalue weighted by Gasteiger charge is 2.37. The van der Waals surface area contributed by atoms with Crippen LogP contribution < -0.4 is 9.47 Å². The molecule has 0 saturated carbocycles. The Balaban J connectivity index is 1.15. The minimum atomic E-state index is 0.0494. The normalized spacial score (nSPS) is 16.4. The molecule has 0 aromatic heterocycles. The lowest BCUT2D eigenvalue weighted by atomic mass is 10.0. The quantitative estimate of drug-likeness (QED) is 0.533. The Labute approximate surface area is 211 Å². The summed E-state index contributed by atoms with van der Waals surface area (Å²) >= 11 is 0. The van der Waals surface area contributed by atoms with Crippen LogP contribution in [-0.4, -0.2) is 86.0 Å². The van der Waals surface area contributed by atoms with Crippen molar-refractivity contribution in [3.8, 4) is 22.6 Å². The number of ether oxygens (including phenoxy) is 2. The van der Waals surface area contributed by atoms with Gasteiger partial charge in [-0.15, -0.1) is 0 Å². The highest BCUT2D eigenvalue weighted by Crippen LogP contribution is 2.37. The predicted octanol–water partition coefficient (Wildman–Crippen LogP) is 3.65. The second kappa shape index (κ2) is 10.4. The SMILES string of the molecule is COc1cccc(-c2ccc(C(=O)N3CC(N4CCN(C(=O)c5ccccc5)CC4)C3)cc2)c1OC. The summed E-state index contributed by atoms with van der Waals surface area (Å²) < 4.78 is 11.0. The Morgan fingerprint density at radius 1 is 0.694 bits per heavy atom. The summed E-state index contributed by atoms with van der Waals surface area (Å²) in [5, 5.41) is 0. The number of carbonyl (C=O) groups excluding carboxylic acids is 2. The van der Waals surface area contributed by atoms with Crippen LogP contribution in [-0.2, 0) is 0 Å². The first kappa shape index (κ1) is 23.9. The molecule has 2 aliphatic rings. The van der Waals surface area contributed by atoms with Crippen LogP contribution >= 0.6 is 0 Å². The number of nitrogens with zero attached hydrogens (tertiary/aromatic N) is 3. The smallest absolute Gasteiger partial charge is 0.253 e. The highest BCUT2D eigenvalue weighted by atomic mass is 16.5. The molecule has 2 fully saturated rings. The molecule has 3 aromatic rings. The van der Waals surface area contributed by atoms with E-state index >= 15 is 0 Å². The molecule has 0 N–H and O–H groups in total. The highest BCUT2D eigenvalue weighted by molar-refractivity contribution is 5.95. The molecule has 2 saturated heterocycles. The zero-order valence-electron chi connectivity index (χ0n) is 20.7. The van der Waals surface area contributed by atoms with Crippen molar-refractivity contribution in [2.24, 2.45) is 0 Å². The van der Waals surface area contributed by atoms with Crippen LogP contribution in [0.5, 0.6) is 11.5 Å². The Kier molecular flexibility index (Phi) is 6.91. The fourth-order valence-electron chi connectivity index (χ4n) is 4.99. The van der Waals surface area contributed by atoms with E-state index in [4.69, 9.17) is 9.47 Å². The number of hydrogen-bond acceptors (Lipinski definition) is 5. The van der Waals surface area contributed by atoms with Crippen molar-refractivity contribution in [3.63, 3.8) is 0 Å². The van der Waals surface area contributed by atoms with Crippen molar-refractivity contribution >= 4 is 11.8 Å². The molecule has 2 heterocycles. The zero-order valence-corrected chi connectivity index (χ0v) is 20.7. The maximum atomic E-state index is 13.0. The van der Waals surface area contributed by atoms with E-state index in [0.717, 1.165) is 42.9 Å². The first-order valence-electron chi connectivity index (χ1n) is 12.3. The molecular weight excluding hydrogens is 454 g/mol. The monoisotopic (exact) mass is 485 g/mol. The molecule has 7 nitrogen and oxygen atoms in total. The van der Waals surface area contributed by atoms with Gasteiger partial charge in [-0.25, -0.2) is 0 Å². The van der Waals surface area contributed by atoms with E-state index in [0.29, 0.717) is 36.2 Å². The molecule has 0 spiro atoms. The van der Waals surface area contributed by atoms with Crippen molar-refractivity contribution < 1.29 is 19.1 Å². The van der Waals surface area contributed by atoms with Crippen LogP contribution in [0, 0.1) is 0 Å². The van der Waals surface area contributed by atoms with Gasteiger partial charge in [0, 0.05) is 62.0 Å². The molecule has 2 aliphatic heterocycles. The summed E-state index contributed by atoms with van der Waals surface area (Å²) in [6, 6.07) is 23.2. The average molecular weight is 486 g/mol. The van der Waals surface area contributed by atoms with Gasteiger partial charge in [-0.2, -0.15) is 0 Å². The Morgan fingerprint density at radius 2 is 1.33 bits per heavy atom. The van der Waals surface area contributed by atoms with Gasteiger partial charge in [0.25, 0.3) is 11.8 Å². The summed E-state index contributed by atoms with van der Waals surface area (Å²) in [6.07, 6.45) is 0. The maximum Gasteiger partial charge on any atom is 0.253 e. The Bertz CT molecular complexity index is 1220. The minimum Gasteiger partial charge on any atom is -0.493 e. The molecule has 3 aromatic carbocycles. The third-order valence-electron chi connectivity index (χ3n) is 7.13. The molecule has 0 atom stereocenters. The molecule has 7 heteroatoms. The number of piperazine rings is 1. The molecule has 186 valence electrons. The van der Waals surface area contributed by atoms with E-state index in [-0.39, 0.29) is 11.8 Å². The van der Waals surface area contributed by atoms with Crippen LogP contribution in [0.2, 0.25) is 0 Å². The minimum absolute atomic E-state index is 0.0494. The van der Waals surface area contributed by atoms with Gasteiger partial charge in [0.2, 0.25) is 0 Å². The fraction of sp³-hybridized carbons (Fsp3) is 0.310. The molecule has 0 bridgehead atoms. The average Bonchev–Trinajstić information content (AvgIpc) is 2.92. The van der Waals surface area contributed by atoms with Crippen molar-refractivity contribution in [2.45, 2.75) is 6.04 Å². The van der Waals surface area contributed by atoms with Crippen LogP contribution in [0.4, 0.5) is 0 Å². The van der Waals surface area contributed by atoms with E-state index in [1.165, 1.54) is 0 Å². The number of hydrogen-bond donors (Lipinski definition) is 0. The Morgan fingerprint density at radius 3 is 1.97 bits per heavy atom. The number of para-hydroxylation sites is 1. The van der Waals surface area contributed by atoms with Gasteiger partial charge in [-0.05, 0) is 35.9 Å². The van der Waals surface area contributed by atoms with Crippen LogP contribution in [0.3, 0.4) is 0 Å². The van der Waals surface area contributed by atoms with Gasteiger partial charge in [-0.3, -0.25) is 14.5 Å². The molecular formula is C29H31N3O4. The summed E-state index contributed by atoms with van der Waals surface area (Å²) in [6.45, 7) is 4.54. The summed E-state index contributed by atoms with van der Waals surface area (Å²) in [4.78, 5) is 31.9. The van der Waals surface area contributed by atoms with E-state index in [1.54, 1.807) is 14.2 Å².